The maximum absolute atomic E-state index is 12.4. The zero-order valence-corrected chi connectivity index (χ0v) is 10.5. The molecule has 1 N–H and O–H groups in total. The van der Waals surface area contributed by atoms with Gasteiger partial charge >= 0.3 is 6.18 Å². The lowest BCUT2D eigenvalue weighted by Crippen LogP contribution is -2.13. The van der Waals surface area contributed by atoms with Gasteiger partial charge in [0.1, 0.15) is 11.0 Å². The fourth-order valence-electron chi connectivity index (χ4n) is 1.22. The highest BCUT2D eigenvalue weighted by Gasteiger charge is 2.35. The van der Waals surface area contributed by atoms with Gasteiger partial charge in [0.05, 0.1) is 0 Å². The molecule has 1 rings (SSSR count). The van der Waals surface area contributed by atoms with Crippen LogP contribution in [0.1, 0.15) is 18.7 Å². The zero-order valence-electron chi connectivity index (χ0n) is 9.72. The van der Waals surface area contributed by atoms with Crippen molar-refractivity contribution in [3.8, 4) is 0 Å². The average Bonchev–Trinajstić information content (AvgIpc) is 2.27. The highest BCUT2D eigenvalue weighted by atomic mass is 35.5. The third kappa shape index (κ3) is 5.05. The molecule has 0 aliphatic rings. The molecule has 1 aromatic heterocycles. The molecule has 0 aliphatic heterocycles. The number of halogens is 4. The van der Waals surface area contributed by atoms with Gasteiger partial charge in [-0.25, -0.2) is 9.97 Å². The maximum atomic E-state index is 12.4. The Hall–Kier alpha value is -1.08. The van der Waals surface area contributed by atoms with Crippen LogP contribution in [0.15, 0.2) is 6.07 Å². The summed E-state index contributed by atoms with van der Waals surface area (Å²) in [4.78, 5) is 6.49. The molecule has 0 atom stereocenters. The second-order valence-corrected chi connectivity index (χ2v) is 3.91. The molecule has 0 unspecified atom stereocenters. The molecule has 0 amide bonds. The number of unbranched alkanes of at least 4 members (excludes halogenated alkanes) is 1. The van der Waals surface area contributed by atoms with Crippen LogP contribution in [0.5, 0.6) is 0 Å². The van der Waals surface area contributed by atoms with Gasteiger partial charge in [0, 0.05) is 26.3 Å². The van der Waals surface area contributed by atoms with Crippen molar-refractivity contribution in [3.05, 3.63) is 17.0 Å². The van der Waals surface area contributed by atoms with Crippen LogP contribution < -0.4 is 5.32 Å². The molecule has 18 heavy (non-hydrogen) atoms. The van der Waals surface area contributed by atoms with E-state index in [1.807, 2.05) is 0 Å². The number of hydrogen-bond acceptors (Lipinski definition) is 4. The Labute approximate surface area is 108 Å². The van der Waals surface area contributed by atoms with Crippen LogP contribution in [0.25, 0.3) is 0 Å². The standard InChI is InChI=1S/C10H13ClF3N3O/c1-18-5-3-2-4-15-8-6-7(11)16-9(17-8)10(12,13)14/h6H,2-5H2,1H3,(H,15,16,17). The van der Waals surface area contributed by atoms with Crippen LogP contribution in [0.3, 0.4) is 0 Å². The Morgan fingerprint density at radius 3 is 2.67 bits per heavy atom. The normalized spacial score (nSPS) is 11.6. The summed E-state index contributed by atoms with van der Waals surface area (Å²) >= 11 is 5.51. The van der Waals surface area contributed by atoms with E-state index in [0.717, 1.165) is 12.8 Å². The molecule has 0 fully saturated rings. The molecule has 1 heterocycles. The van der Waals surface area contributed by atoms with Gasteiger partial charge in [-0.2, -0.15) is 13.2 Å². The summed E-state index contributed by atoms with van der Waals surface area (Å²) in [5, 5.41) is 2.53. The van der Waals surface area contributed by atoms with Crippen molar-refractivity contribution in [3.63, 3.8) is 0 Å². The topological polar surface area (TPSA) is 47.0 Å². The average molecular weight is 284 g/mol. The molecule has 102 valence electrons. The van der Waals surface area contributed by atoms with Crippen molar-refractivity contribution < 1.29 is 17.9 Å². The number of nitrogens with one attached hydrogen (secondary N) is 1. The lowest BCUT2D eigenvalue weighted by Gasteiger charge is -2.09. The summed E-state index contributed by atoms with van der Waals surface area (Å²) in [6.45, 7) is 1.11. The van der Waals surface area contributed by atoms with Gasteiger partial charge in [-0.1, -0.05) is 11.6 Å². The van der Waals surface area contributed by atoms with Crippen molar-refractivity contribution >= 4 is 17.4 Å². The number of rotatable bonds is 6. The van der Waals surface area contributed by atoms with Crippen LogP contribution in [0, 0.1) is 0 Å². The van der Waals surface area contributed by atoms with Crippen LogP contribution in [0.4, 0.5) is 19.0 Å². The summed E-state index contributed by atoms with van der Waals surface area (Å²) in [7, 11) is 1.59. The van der Waals surface area contributed by atoms with E-state index in [1.165, 1.54) is 6.07 Å². The molecule has 0 aromatic carbocycles. The molecular formula is C10H13ClF3N3O. The first kappa shape index (κ1) is 15.0. The molecule has 0 spiro atoms. The van der Waals surface area contributed by atoms with Gasteiger partial charge in [-0.05, 0) is 12.8 Å². The van der Waals surface area contributed by atoms with E-state index in [-0.39, 0.29) is 11.0 Å². The number of ether oxygens (including phenoxy) is 1. The summed E-state index contributed by atoms with van der Waals surface area (Å²) in [6, 6.07) is 1.26. The van der Waals surface area contributed by atoms with Crippen molar-refractivity contribution in [2.24, 2.45) is 0 Å². The van der Waals surface area contributed by atoms with Crippen LogP contribution in [-0.4, -0.2) is 30.2 Å². The van der Waals surface area contributed by atoms with Crippen molar-refractivity contribution in [1.82, 2.24) is 9.97 Å². The lowest BCUT2D eigenvalue weighted by molar-refractivity contribution is -0.144. The first-order chi connectivity index (χ1) is 8.43. The highest BCUT2D eigenvalue weighted by Crippen LogP contribution is 2.28. The third-order valence-electron chi connectivity index (χ3n) is 2.03. The first-order valence-electron chi connectivity index (χ1n) is 5.28. The molecule has 0 radical (unpaired) electrons. The Morgan fingerprint density at radius 2 is 2.06 bits per heavy atom. The zero-order chi connectivity index (χ0) is 13.6. The van der Waals surface area contributed by atoms with E-state index in [2.05, 4.69) is 15.3 Å². The van der Waals surface area contributed by atoms with E-state index in [4.69, 9.17) is 16.3 Å². The van der Waals surface area contributed by atoms with Crippen molar-refractivity contribution in [2.45, 2.75) is 19.0 Å². The number of methoxy groups -OCH3 is 1. The van der Waals surface area contributed by atoms with E-state index < -0.39 is 12.0 Å². The molecule has 0 saturated heterocycles. The summed E-state index contributed by atoms with van der Waals surface area (Å²) in [5.74, 6) is -1.17. The SMILES string of the molecule is COCCCCNc1cc(Cl)nc(C(F)(F)F)n1. The Balaban J connectivity index is 2.58. The number of alkyl halides is 3. The highest BCUT2D eigenvalue weighted by molar-refractivity contribution is 6.29. The van der Waals surface area contributed by atoms with Gasteiger partial charge in [-0.15, -0.1) is 0 Å². The van der Waals surface area contributed by atoms with E-state index in [1.54, 1.807) is 7.11 Å². The molecule has 8 heteroatoms. The molecule has 0 saturated carbocycles. The van der Waals surface area contributed by atoms with Crippen molar-refractivity contribution in [1.29, 1.82) is 0 Å². The maximum Gasteiger partial charge on any atom is 0.451 e. The molecule has 0 aliphatic carbocycles. The van der Waals surface area contributed by atoms with Gasteiger partial charge in [0.25, 0.3) is 0 Å². The third-order valence-corrected chi connectivity index (χ3v) is 2.22. The second kappa shape index (κ2) is 6.75. The minimum absolute atomic E-state index is 0.0692. The van der Waals surface area contributed by atoms with E-state index in [9.17, 15) is 13.2 Å². The smallest absolute Gasteiger partial charge is 0.385 e. The quantitative estimate of drug-likeness (QED) is 0.644. The molecule has 4 nitrogen and oxygen atoms in total. The minimum atomic E-state index is -4.60. The fraction of sp³-hybridized carbons (Fsp3) is 0.600. The second-order valence-electron chi connectivity index (χ2n) is 3.52. The van der Waals surface area contributed by atoms with Gasteiger partial charge in [0.15, 0.2) is 0 Å². The molecule has 1 aromatic rings. The number of hydrogen-bond donors (Lipinski definition) is 1. The molecule has 0 bridgehead atoms. The van der Waals surface area contributed by atoms with Gasteiger partial charge < -0.3 is 10.1 Å². The number of aromatic nitrogens is 2. The predicted molar refractivity (Wildman–Crippen MR) is 61.6 cm³/mol. The predicted octanol–water partition coefficient (Wildman–Crippen LogP) is 2.99. The lowest BCUT2D eigenvalue weighted by atomic mass is 10.3. The summed E-state index contributed by atoms with van der Waals surface area (Å²) < 4.78 is 42.1. The van der Waals surface area contributed by atoms with Crippen LogP contribution >= 0.6 is 11.6 Å². The number of anilines is 1. The monoisotopic (exact) mass is 283 g/mol. The van der Waals surface area contributed by atoms with E-state index in [0.29, 0.717) is 13.2 Å². The van der Waals surface area contributed by atoms with Crippen LogP contribution in [0.2, 0.25) is 5.15 Å². The Bertz CT molecular complexity index is 387. The minimum Gasteiger partial charge on any atom is -0.385 e. The number of nitrogens with zero attached hydrogens (tertiary/aromatic N) is 2. The Kier molecular flexibility index (Phi) is 5.61. The van der Waals surface area contributed by atoms with Gasteiger partial charge in [-0.3, -0.25) is 0 Å². The summed E-state index contributed by atoms with van der Waals surface area (Å²) in [6.07, 6.45) is -3.03. The fourth-order valence-corrected chi connectivity index (χ4v) is 1.41. The molecular weight excluding hydrogens is 271 g/mol. The Morgan fingerprint density at radius 1 is 1.33 bits per heavy atom. The largest absolute Gasteiger partial charge is 0.451 e. The van der Waals surface area contributed by atoms with Crippen molar-refractivity contribution in [2.75, 3.05) is 25.6 Å². The van der Waals surface area contributed by atoms with Gasteiger partial charge in [0.2, 0.25) is 5.82 Å². The van der Waals surface area contributed by atoms with Crippen LogP contribution in [-0.2, 0) is 10.9 Å². The summed E-state index contributed by atoms with van der Waals surface area (Å²) in [5.41, 5.74) is 0. The first-order valence-corrected chi connectivity index (χ1v) is 5.66. The van der Waals surface area contributed by atoms with E-state index >= 15 is 0 Å².